The van der Waals surface area contributed by atoms with Gasteiger partial charge in [-0.05, 0) is 26.0 Å². The molecule has 3 heterocycles. The SMILES string of the molecule is CCOc1ccnc(CSc2nc3cc(-n4ccnc4)c(F)cc3[nH]2)c1C. The Hall–Kier alpha value is -2.87. The standard InChI is InChI=1S/C19H18FN5OS/c1-3-26-18-4-5-22-16(12(18)2)10-27-19-23-14-8-13(20)17(9-15(14)24-19)25-7-6-21-11-25/h4-9,11H,3,10H2,1-2H3,(H,23,24). The maximum absolute atomic E-state index is 14.4. The zero-order chi connectivity index (χ0) is 18.8. The van der Waals surface area contributed by atoms with E-state index in [1.165, 1.54) is 17.8 Å². The van der Waals surface area contributed by atoms with Crippen LogP contribution in [-0.2, 0) is 5.75 Å². The Bertz CT molecular complexity index is 1080. The molecule has 0 aliphatic heterocycles. The molecule has 1 N–H and O–H groups in total. The summed E-state index contributed by atoms with van der Waals surface area (Å²) in [6.45, 7) is 4.57. The van der Waals surface area contributed by atoms with Crippen molar-refractivity contribution in [2.24, 2.45) is 0 Å². The highest BCUT2D eigenvalue weighted by Gasteiger charge is 2.12. The molecular formula is C19H18FN5OS. The molecule has 0 amide bonds. The van der Waals surface area contributed by atoms with Gasteiger partial charge in [0.05, 0.1) is 35.3 Å². The van der Waals surface area contributed by atoms with E-state index in [4.69, 9.17) is 4.74 Å². The molecule has 0 aliphatic carbocycles. The zero-order valence-electron chi connectivity index (χ0n) is 14.9. The third-order valence-electron chi connectivity index (χ3n) is 4.22. The normalized spacial score (nSPS) is 11.2. The molecule has 4 aromatic rings. The van der Waals surface area contributed by atoms with Gasteiger partial charge in [-0.1, -0.05) is 11.8 Å². The van der Waals surface area contributed by atoms with Crippen LogP contribution in [0.1, 0.15) is 18.2 Å². The molecule has 4 rings (SSSR count). The van der Waals surface area contributed by atoms with Crippen molar-refractivity contribution in [1.82, 2.24) is 24.5 Å². The lowest BCUT2D eigenvalue weighted by atomic mass is 10.2. The summed E-state index contributed by atoms with van der Waals surface area (Å²) in [4.78, 5) is 16.1. The predicted molar refractivity (Wildman–Crippen MR) is 103 cm³/mol. The number of hydrogen-bond donors (Lipinski definition) is 1. The molecule has 0 saturated carbocycles. The number of halogens is 1. The maximum atomic E-state index is 14.4. The van der Waals surface area contributed by atoms with E-state index in [9.17, 15) is 4.39 Å². The van der Waals surface area contributed by atoms with Crippen LogP contribution in [0.15, 0.2) is 48.3 Å². The molecule has 8 heteroatoms. The molecule has 0 spiro atoms. The van der Waals surface area contributed by atoms with Crippen molar-refractivity contribution < 1.29 is 9.13 Å². The van der Waals surface area contributed by atoms with Gasteiger partial charge >= 0.3 is 0 Å². The predicted octanol–water partition coefficient (Wildman–Crippen LogP) is 4.28. The average molecular weight is 383 g/mol. The quantitative estimate of drug-likeness (QED) is 0.503. The summed E-state index contributed by atoms with van der Waals surface area (Å²) in [5.74, 6) is 1.16. The summed E-state index contributed by atoms with van der Waals surface area (Å²) >= 11 is 1.52. The Balaban J connectivity index is 1.58. The average Bonchev–Trinajstić information content (AvgIpc) is 3.31. The maximum Gasteiger partial charge on any atom is 0.166 e. The number of imidazole rings is 2. The first-order valence-corrected chi connectivity index (χ1v) is 9.52. The van der Waals surface area contributed by atoms with Gasteiger partial charge in [-0.15, -0.1) is 0 Å². The molecule has 0 bridgehead atoms. The van der Waals surface area contributed by atoms with Crippen LogP contribution in [0.2, 0.25) is 0 Å². The lowest BCUT2D eigenvalue weighted by Crippen LogP contribution is -1.99. The molecule has 6 nitrogen and oxygen atoms in total. The zero-order valence-corrected chi connectivity index (χ0v) is 15.8. The number of thioether (sulfide) groups is 1. The number of pyridine rings is 1. The van der Waals surface area contributed by atoms with Crippen LogP contribution in [0.5, 0.6) is 5.75 Å². The molecule has 0 saturated heterocycles. The van der Waals surface area contributed by atoms with E-state index >= 15 is 0 Å². The van der Waals surface area contributed by atoms with Gasteiger partial charge in [-0.2, -0.15) is 0 Å². The van der Waals surface area contributed by atoms with E-state index in [1.807, 2.05) is 19.9 Å². The van der Waals surface area contributed by atoms with Crippen LogP contribution in [0, 0.1) is 12.7 Å². The van der Waals surface area contributed by atoms with Crippen molar-refractivity contribution >= 4 is 22.8 Å². The van der Waals surface area contributed by atoms with E-state index in [0.29, 0.717) is 29.1 Å². The number of fused-ring (bicyclic) bond motifs is 1. The second-order valence-electron chi connectivity index (χ2n) is 5.94. The number of aromatic nitrogens is 5. The van der Waals surface area contributed by atoms with Crippen LogP contribution in [0.4, 0.5) is 4.39 Å². The van der Waals surface area contributed by atoms with Gasteiger partial charge in [-0.25, -0.2) is 14.4 Å². The number of aromatic amines is 1. The number of hydrogen-bond acceptors (Lipinski definition) is 5. The van der Waals surface area contributed by atoms with E-state index in [1.54, 1.807) is 35.6 Å². The lowest BCUT2D eigenvalue weighted by Gasteiger charge is -2.09. The van der Waals surface area contributed by atoms with E-state index in [-0.39, 0.29) is 5.82 Å². The lowest BCUT2D eigenvalue weighted by molar-refractivity contribution is 0.337. The summed E-state index contributed by atoms with van der Waals surface area (Å²) in [7, 11) is 0. The van der Waals surface area contributed by atoms with Crippen molar-refractivity contribution in [1.29, 1.82) is 0 Å². The van der Waals surface area contributed by atoms with Crippen LogP contribution in [0.3, 0.4) is 0 Å². The fraction of sp³-hybridized carbons (Fsp3) is 0.211. The number of nitrogens with one attached hydrogen (secondary N) is 1. The number of benzene rings is 1. The number of nitrogens with zero attached hydrogens (tertiary/aromatic N) is 4. The molecular weight excluding hydrogens is 365 g/mol. The van der Waals surface area contributed by atoms with Crippen LogP contribution < -0.4 is 4.74 Å². The van der Waals surface area contributed by atoms with Crippen LogP contribution >= 0.6 is 11.8 Å². The highest BCUT2D eigenvalue weighted by molar-refractivity contribution is 7.98. The van der Waals surface area contributed by atoms with Crippen molar-refractivity contribution in [2.45, 2.75) is 24.8 Å². The Morgan fingerprint density at radius 3 is 2.96 bits per heavy atom. The number of rotatable bonds is 6. The molecule has 0 radical (unpaired) electrons. The molecule has 138 valence electrons. The summed E-state index contributed by atoms with van der Waals surface area (Å²) in [5, 5.41) is 0.718. The number of H-pyrrole nitrogens is 1. The molecule has 0 unspecified atom stereocenters. The second-order valence-corrected chi connectivity index (χ2v) is 6.90. The first-order valence-electron chi connectivity index (χ1n) is 8.53. The fourth-order valence-corrected chi connectivity index (χ4v) is 3.73. The molecule has 0 atom stereocenters. The van der Waals surface area contributed by atoms with Gasteiger partial charge in [-0.3, -0.25) is 4.98 Å². The summed E-state index contributed by atoms with van der Waals surface area (Å²) < 4.78 is 21.6. The van der Waals surface area contributed by atoms with E-state index < -0.39 is 0 Å². The van der Waals surface area contributed by atoms with Crippen LogP contribution in [0.25, 0.3) is 16.7 Å². The summed E-state index contributed by atoms with van der Waals surface area (Å²) in [6.07, 6.45) is 6.62. The summed E-state index contributed by atoms with van der Waals surface area (Å²) in [6, 6.07) is 5.04. The van der Waals surface area contributed by atoms with Crippen molar-refractivity contribution in [3.8, 4) is 11.4 Å². The van der Waals surface area contributed by atoms with Gasteiger partial charge in [0, 0.05) is 36.0 Å². The molecule has 1 aromatic carbocycles. The minimum atomic E-state index is -0.331. The highest BCUT2D eigenvalue weighted by atomic mass is 32.2. The largest absolute Gasteiger partial charge is 0.493 e. The monoisotopic (exact) mass is 383 g/mol. The second kappa shape index (κ2) is 7.40. The number of ether oxygens (including phenoxy) is 1. The topological polar surface area (TPSA) is 68.6 Å². The molecule has 0 fully saturated rings. The van der Waals surface area contributed by atoms with E-state index in [0.717, 1.165) is 22.2 Å². The molecule has 3 aromatic heterocycles. The first-order chi connectivity index (χ1) is 13.2. The molecule has 27 heavy (non-hydrogen) atoms. The van der Waals surface area contributed by atoms with Crippen molar-refractivity contribution in [3.63, 3.8) is 0 Å². The fourth-order valence-electron chi connectivity index (χ4n) is 2.82. The Morgan fingerprint density at radius 2 is 2.19 bits per heavy atom. The Morgan fingerprint density at radius 1 is 1.30 bits per heavy atom. The van der Waals surface area contributed by atoms with Gasteiger partial charge in [0.1, 0.15) is 11.6 Å². The minimum Gasteiger partial charge on any atom is -0.493 e. The van der Waals surface area contributed by atoms with Gasteiger partial charge in [0.25, 0.3) is 0 Å². The van der Waals surface area contributed by atoms with Crippen molar-refractivity contribution in [2.75, 3.05) is 6.61 Å². The Kier molecular flexibility index (Phi) is 4.81. The third-order valence-corrected chi connectivity index (χ3v) is 5.10. The summed E-state index contributed by atoms with van der Waals surface area (Å²) in [5.41, 5.74) is 3.75. The van der Waals surface area contributed by atoms with Gasteiger partial charge in [0.2, 0.25) is 0 Å². The first kappa shape index (κ1) is 17.5. The third kappa shape index (κ3) is 3.52. The molecule has 0 aliphatic rings. The smallest absolute Gasteiger partial charge is 0.166 e. The van der Waals surface area contributed by atoms with E-state index in [2.05, 4.69) is 19.9 Å². The van der Waals surface area contributed by atoms with Gasteiger partial charge < -0.3 is 14.3 Å². The highest BCUT2D eigenvalue weighted by Crippen LogP contribution is 2.28. The van der Waals surface area contributed by atoms with Crippen LogP contribution in [-0.4, -0.2) is 31.1 Å². The van der Waals surface area contributed by atoms with Gasteiger partial charge in [0.15, 0.2) is 5.16 Å². The minimum absolute atomic E-state index is 0.331. The van der Waals surface area contributed by atoms with Crippen molar-refractivity contribution in [3.05, 3.63) is 60.2 Å². The Labute approximate surface area is 159 Å².